The summed E-state index contributed by atoms with van der Waals surface area (Å²) >= 11 is 0. The van der Waals surface area contributed by atoms with Crippen LogP contribution in [0.1, 0.15) is 17.5 Å². The molecule has 0 radical (unpaired) electrons. The first-order valence-electron chi connectivity index (χ1n) is 7.32. The van der Waals surface area contributed by atoms with E-state index in [1.807, 2.05) is 30.3 Å². The number of amides is 1. The molecule has 0 saturated heterocycles. The van der Waals surface area contributed by atoms with Gasteiger partial charge in [0.15, 0.2) is 0 Å². The zero-order valence-corrected chi connectivity index (χ0v) is 12.4. The second-order valence-electron chi connectivity index (χ2n) is 4.95. The second-order valence-corrected chi connectivity index (χ2v) is 4.95. The lowest BCUT2D eigenvalue weighted by molar-refractivity contribution is -0.120. The largest absolute Gasteiger partial charge is 0.384 e. The van der Waals surface area contributed by atoms with Crippen molar-refractivity contribution < 1.29 is 4.79 Å². The van der Waals surface area contributed by atoms with Crippen LogP contribution >= 0.6 is 0 Å². The van der Waals surface area contributed by atoms with Crippen LogP contribution < -0.4 is 10.6 Å². The van der Waals surface area contributed by atoms with Crippen LogP contribution in [0.5, 0.6) is 0 Å². The molecule has 0 bridgehead atoms. The molecule has 2 rings (SSSR count). The maximum atomic E-state index is 11.7. The molecule has 22 heavy (non-hydrogen) atoms. The fourth-order valence-corrected chi connectivity index (χ4v) is 2.10. The highest BCUT2D eigenvalue weighted by molar-refractivity contribution is 5.76. The Balaban J connectivity index is 1.64. The Bertz CT molecular complexity index is 647. The van der Waals surface area contributed by atoms with Gasteiger partial charge in [0, 0.05) is 25.2 Å². The van der Waals surface area contributed by atoms with Gasteiger partial charge in [-0.05, 0) is 30.2 Å². The number of benzene rings is 2. The van der Waals surface area contributed by atoms with Gasteiger partial charge in [0.25, 0.3) is 0 Å². The molecule has 0 atom stereocenters. The Morgan fingerprint density at radius 1 is 1.05 bits per heavy atom. The molecule has 0 fully saturated rings. The zero-order valence-electron chi connectivity index (χ0n) is 12.4. The minimum Gasteiger partial charge on any atom is -0.384 e. The molecule has 2 N–H and O–H groups in total. The van der Waals surface area contributed by atoms with E-state index >= 15 is 0 Å². The van der Waals surface area contributed by atoms with Gasteiger partial charge in [-0.3, -0.25) is 4.79 Å². The van der Waals surface area contributed by atoms with Gasteiger partial charge in [-0.2, -0.15) is 5.26 Å². The van der Waals surface area contributed by atoms with Gasteiger partial charge in [-0.25, -0.2) is 0 Å². The van der Waals surface area contributed by atoms with Gasteiger partial charge in [0.2, 0.25) is 5.91 Å². The summed E-state index contributed by atoms with van der Waals surface area (Å²) in [5.41, 5.74) is 2.68. The van der Waals surface area contributed by atoms with Gasteiger partial charge < -0.3 is 10.6 Å². The first-order chi connectivity index (χ1) is 10.8. The Kier molecular flexibility index (Phi) is 6.01. The van der Waals surface area contributed by atoms with E-state index in [9.17, 15) is 4.79 Å². The molecule has 2 aromatic carbocycles. The molecule has 0 aliphatic carbocycles. The summed E-state index contributed by atoms with van der Waals surface area (Å²) in [6.07, 6.45) is 1.25. The number of rotatable bonds is 7. The molecule has 0 spiro atoms. The third-order valence-corrected chi connectivity index (χ3v) is 3.25. The predicted molar refractivity (Wildman–Crippen MR) is 87.4 cm³/mol. The van der Waals surface area contributed by atoms with E-state index in [0.717, 1.165) is 12.1 Å². The summed E-state index contributed by atoms with van der Waals surface area (Å²) in [5, 5.41) is 14.9. The lowest BCUT2D eigenvalue weighted by Crippen LogP contribution is -2.27. The van der Waals surface area contributed by atoms with Gasteiger partial charge in [-0.15, -0.1) is 0 Å². The van der Waals surface area contributed by atoms with Gasteiger partial charge in [0.05, 0.1) is 11.6 Å². The molecule has 2 aromatic rings. The van der Waals surface area contributed by atoms with E-state index in [2.05, 4.69) is 28.8 Å². The van der Waals surface area contributed by atoms with Crippen LogP contribution in [0.2, 0.25) is 0 Å². The highest BCUT2D eigenvalue weighted by Gasteiger charge is 2.01. The third-order valence-electron chi connectivity index (χ3n) is 3.25. The summed E-state index contributed by atoms with van der Waals surface area (Å²) in [7, 11) is 0. The number of carbonyl (C=O) groups is 1. The zero-order chi connectivity index (χ0) is 15.6. The molecule has 4 heteroatoms. The number of nitriles is 1. The summed E-state index contributed by atoms with van der Waals surface area (Å²) in [4.78, 5) is 11.7. The van der Waals surface area contributed by atoms with Crippen LogP contribution in [-0.2, 0) is 11.2 Å². The highest BCUT2D eigenvalue weighted by Crippen LogP contribution is 2.09. The van der Waals surface area contributed by atoms with Crippen LogP contribution in [-0.4, -0.2) is 19.0 Å². The molecule has 0 unspecified atom stereocenters. The number of carbonyl (C=O) groups excluding carboxylic acids is 1. The molecule has 1 amide bonds. The number of anilines is 1. The summed E-state index contributed by atoms with van der Waals surface area (Å²) in [5.74, 6) is 0.0277. The maximum absolute atomic E-state index is 11.7. The summed E-state index contributed by atoms with van der Waals surface area (Å²) in [6, 6.07) is 19.4. The molecule has 0 aromatic heterocycles. The first-order valence-corrected chi connectivity index (χ1v) is 7.32. The first kappa shape index (κ1) is 15.6. The summed E-state index contributed by atoms with van der Waals surface area (Å²) in [6.45, 7) is 1.19. The molecular formula is C18H19N3O. The van der Waals surface area contributed by atoms with Crippen LogP contribution in [0.15, 0.2) is 54.6 Å². The van der Waals surface area contributed by atoms with Crippen molar-refractivity contribution >= 4 is 11.6 Å². The Morgan fingerprint density at radius 2 is 1.86 bits per heavy atom. The van der Waals surface area contributed by atoms with Crippen molar-refractivity contribution in [3.63, 3.8) is 0 Å². The topological polar surface area (TPSA) is 64.9 Å². The van der Waals surface area contributed by atoms with Crippen molar-refractivity contribution in [2.45, 2.75) is 12.8 Å². The van der Waals surface area contributed by atoms with Crippen LogP contribution in [0, 0.1) is 11.3 Å². The number of nitrogens with one attached hydrogen (secondary N) is 2. The van der Waals surface area contributed by atoms with E-state index in [1.54, 1.807) is 12.1 Å². The lowest BCUT2D eigenvalue weighted by Gasteiger charge is -2.08. The summed E-state index contributed by atoms with van der Waals surface area (Å²) < 4.78 is 0. The molecule has 0 saturated carbocycles. The molecule has 112 valence electrons. The quantitative estimate of drug-likeness (QED) is 0.825. The van der Waals surface area contributed by atoms with Crippen LogP contribution in [0.4, 0.5) is 5.69 Å². The van der Waals surface area contributed by atoms with Crippen LogP contribution in [0.25, 0.3) is 0 Å². The molecule has 4 nitrogen and oxygen atoms in total. The average Bonchev–Trinajstić information content (AvgIpc) is 2.56. The molecule has 0 aliphatic heterocycles. The van der Waals surface area contributed by atoms with Crippen LogP contribution in [0.3, 0.4) is 0 Å². The number of hydrogen-bond acceptors (Lipinski definition) is 3. The van der Waals surface area contributed by atoms with Crippen molar-refractivity contribution in [1.29, 1.82) is 5.26 Å². The van der Waals surface area contributed by atoms with E-state index < -0.39 is 0 Å². The van der Waals surface area contributed by atoms with Crippen molar-refractivity contribution in [3.8, 4) is 6.07 Å². The third kappa shape index (κ3) is 5.29. The molecular weight excluding hydrogens is 274 g/mol. The second kappa shape index (κ2) is 8.48. The minimum absolute atomic E-state index is 0.0277. The average molecular weight is 293 g/mol. The smallest absolute Gasteiger partial charge is 0.221 e. The van der Waals surface area contributed by atoms with Gasteiger partial charge >= 0.3 is 0 Å². The van der Waals surface area contributed by atoms with E-state index in [0.29, 0.717) is 25.1 Å². The van der Waals surface area contributed by atoms with Crippen molar-refractivity contribution in [2.75, 3.05) is 18.4 Å². The SMILES string of the molecule is N#Cc1cccc(NCCC(=O)NCCc2ccccc2)c1. The Hall–Kier alpha value is -2.80. The van der Waals surface area contributed by atoms with E-state index in [-0.39, 0.29) is 5.91 Å². The van der Waals surface area contributed by atoms with Gasteiger partial charge in [0.1, 0.15) is 0 Å². The number of hydrogen-bond donors (Lipinski definition) is 2. The Morgan fingerprint density at radius 3 is 2.64 bits per heavy atom. The maximum Gasteiger partial charge on any atom is 0.221 e. The fourth-order valence-electron chi connectivity index (χ4n) is 2.10. The number of nitrogens with zero attached hydrogens (tertiary/aromatic N) is 1. The fraction of sp³-hybridized carbons (Fsp3) is 0.222. The lowest BCUT2D eigenvalue weighted by atomic mass is 10.1. The molecule has 0 aliphatic rings. The minimum atomic E-state index is 0.0277. The normalized spacial score (nSPS) is 9.77. The van der Waals surface area contributed by atoms with E-state index in [4.69, 9.17) is 5.26 Å². The van der Waals surface area contributed by atoms with Crippen molar-refractivity contribution in [2.24, 2.45) is 0 Å². The van der Waals surface area contributed by atoms with Crippen molar-refractivity contribution in [3.05, 3.63) is 65.7 Å². The van der Waals surface area contributed by atoms with E-state index in [1.165, 1.54) is 5.56 Å². The Labute approximate surface area is 130 Å². The van der Waals surface area contributed by atoms with Gasteiger partial charge in [-0.1, -0.05) is 36.4 Å². The van der Waals surface area contributed by atoms with Crippen molar-refractivity contribution in [1.82, 2.24) is 5.32 Å². The predicted octanol–water partition coefficient (Wildman–Crippen LogP) is 2.72. The highest BCUT2D eigenvalue weighted by atomic mass is 16.1. The standard InChI is InChI=1S/C18H19N3O/c19-14-16-7-4-8-17(13-16)20-12-10-18(22)21-11-9-15-5-2-1-3-6-15/h1-8,13,20H,9-12H2,(H,21,22). The molecule has 0 heterocycles. The monoisotopic (exact) mass is 293 g/mol.